The van der Waals surface area contributed by atoms with Crippen LogP contribution in [0.2, 0.25) is 0 Å². The summed E-state index contributed by atoms with van der Waals surface area (Å²) in [5, 5.41) is 5.01. The molecule has 3 nitrogen and oxygen atoms in total. The molecule has 0 radical (unpaired) electrons. The molecule has 22 heavy (non-hydrogen) atoms. The van der Waals surface area contributed by atoms with Gasteiger partial charge < -0.3 is 10.1 Å². The van der Waals surface area contributed by atoms with E-state index in [0.29, 0.717) is 0 Å². The van der Waals surface area contributed by atoms with E-state index >= 15 is 0 Å². The number of carbonyl (C=O) groups is 1. The number of methoxy groups -OCH3 is 1. The van der Waals surface area contributed by atoms with Crippen LogP contribution in [0.3, 0.4) is 0 Å². The van der Waals surface area contributed by atoms with Crippen molar-refractivity contribution in [3.8, 4) is 16.9 Å². The predicted octanol–water partition coefficient (Wildman–Crippen LogP) is 4.47. The van der Waals surface area contributed by atoms with Crippen LogP contribution in [-0.4, -0.2) is 13.0 Å². The summed E-state index contributed by atoms with van der Waals surface area (Å²) in [6.45, 7) is 1.52. The fraction of sp³-hybridized carbons (Fsp3) is 0.105. The molecule has 0 spiro atoms. The van der Waals surface area contributed by atoms with E-state index in [1.807, 2.05) is 60.7 Å². The molecule has 0 aliphatic carbocycles. The van der Waals surface area contributed by atoms with Gasteiger partial charge in [0.1, 0.15) is 5.75 Å². The van der Waals surface area contributed by atoms with Crippen LogP contribution in [-0.2, 0) is 4.79 Å². The first-order valence-electron chi connectivity index (χ1n) is 7.13. The summed E-state index contributed by atoms with van der Waals surface area (Å²) >= 11 is 0. The molecule has 3 aromatic carbocycles. The van der Waals surface area contributed by atoms with Crippen LogP contribution >= 0.6 is 0 Å². The Morgan fingerprint density at radius 1 is 0.909 bits per heavy atom. The molecule has 0 aliphatic heterocycles. The zero-order valence-electron chi connectivity index (χ0n) is 12.6. The molecular formula is C19H17NO2. The van der Waals surface area contributed by atoms with Gasteiger partial charge in [-0.3, -0.25) is 4.79 Å². The van der Waals surface area contributed by atoms with E-state index in [1.54, 1.807) is 7.11 Å². The highest BCUT2D eigenvalue weighted by molar-refractivity contribution is 6.09. The lowest BCUT2D eigenvalue weighted by atomic mass is 9.96. The molecule has 1 N–H and O–H groups in total. The summed E-state index contributed by atoms with van der Waals surface area (Å²) in [5.74, 6) is 0.731. The zero-order valence-corrected chi connectivity index (χ0v) is 12.6. The maximum atomic E-state index is 11.5. The maximum Gasteiger partial charge on any atom is 0.221 e. The highest BCUT2D eigenvalue weighted by atomic mass is 16.5. The first-order valence-corrected chi connectivity index (χ1v) is 7.13. The number of para-hydroxylation sites is 1. The van der Waals surface area contributed by atoms with E-state index < -0.39 is 0 Å². The van der Waals surface area contributed by atoms with E-state index in [4.69, 9.17) is 4.74 Å². The van der Waals surface area contributed by atoms with Crippen LogP contribution in [0.4, 0.5) is 5.69 Å². The Hall–Kier alpha value is -2.81. The molecule has 3 rings (SSSR count). The van der Waals surface area contributed by atoms with Crippen molar-refractivity contribution in [3.05, 3.63) is 60.7 Å². The third-order valence-electron chi connectivity index (χ3n) is 3.61. The first-order chi connectivity index (χ1) is 10.7. The standard InChI is InChI=1S/C19H17NO2/c1-13(21)20-17-11-6-8-14-7-5-10-16(19(14)17)15-9-3-4-12-18(15)22-2/h3-12H,1-2H3,(H,20,21). The lowest BCUT2D eigenvalue weighted by molar-refractivity contribution is -0.114. The van der Waals surface area contributed by atoms with E-state index in [1.165, 1.54) is 6.92 Å². The van der Waals surface area contributed by atoms with Crippen molar-refractivity contribution in [1.82, 2.24) is 0 Å². The van der Waals surface area contributed by atoms with E-state index in [9.17, 15) is 4.79 Å². The normalized spacial score (nSPS) is 10.5. The van der Waals surface area contributed by atoms with Crippen molar-refractivity contribution in [1.29, 1.82) is 0 Å². The largest absolute Gasteiger partial charge is 0.496 e. The zero-order chi connectivity index (χ0) is 15.5. The molecule has 0 fully saturated rings. The fourth-order valence-electron chi connectivity index (χ4n) is 2.73. The molecule has 3 heteroatoms. The molecule has 0 saturated heterocycles. The second-order valence-electron chi connectivity index (χ2n) is 5.09. The Kier molecular flexibility index (Phi) is 3.79. The number of hydrogen-bond acceptors (Lipinski definition) is 2. The molecule has 110 valence electrons. The monoisotopic (exact) mass is 291 g/mol. The third kappa shape index (κ3) is 2.53. The van der Waals surface area contributed by atoms with Crippen LogP contribution in [0, 0.1) is 0 Å². The summed E-state index contributed by atoms with van der Waals surface area (Å²) in [6.07, 6.45) is 0. The summed E-state index contributed by atoms with van der Waals surface area (Å²) < 4.78 is 5.48. The number of carbonyl (C=O) groups excluding carboxylic acids is 1. The van der Waals surface area contributed by atoms with Gasteiger partial charge in [0.2, 0.25) is 5.91 Å². The topological polar surface area (TPSA) is 38.3 Å². The summed E-state index contributed by atoms with van der Waals surface area (Å²) in [4.78, 5) is 11.5. The van der Waals surface area contributed by atoms with Crippen molar-refractivity contribution >= 4 is 22.4 Å². The number of fused-ring (bicyclic) bond motifs is 1. The first kappa shape index (κ1) is 14.1. The number of amides is 1. The number of ether oxygens (including phenoxy) is 1. The Morgan fingerprint density at radius 3 is 2.32 bits per heavy atom. The molecule has 0 aliphatic rings. The van der Waals surface area contributed by atoms with Crippen LogP contribution < -0.4 is 10.1 Å². The van der Waals surface area contributed by atoms with Gasteiger partial charge in [-0.1, -0.05) is 48.5 Å². The molecule has 1 amide bonds. The number of benzene rings is 3. The second kappa shape index (κ2) is 5.90. The van der Waals surface area contributed by atoms with Crippen molar-refractivity contribution in [3.63, 3.8) is 0 Å². The molecule has 3 aromatic rings. The van der Waals surface area contributed by atoms with Crippen LogP contribution in [0.5, 0.6) is 5.75 Å². The van der Waals surface area contributed by atoms with Crippen molar-refractivity contribution in [2.45, 2.75) is 6.92 Å². The predicted molar refractivity (Wildman–Crippen MR) is 90.2 cm³/mol. The van der Waals surface area contributed by atoms with Gasteiger partial charge in [-0.2, -0.15) is 0 Å². The summed E-state index contributed by atoms with van der Waals surface area (Å²) in [6, 6.07) is 19.9. The minimum Gasteiger partial charge on any atom is -0.496 e. The number of hydrogen-bond donors (Lipinski definition) is 1. The molecule has 0 aromatic heterocycles. The van der Waals surface area contributed by atoms with Crippen LogP contribution in [0.1, 0.15) is 6.92 Å². The van der Waals surface area contributed by atoms with Gasteiger partial charge in [-0.15, -0.1) is 0 Å². The third-order valence-corrected chi connectivity index (χ3v) is 3.61. The average Bonchev–Trinajstić information content (AvgIpc) is 2.54. The molecule has 0 bridgehead atoms. The lowest BCUT2D eigenvalue weighted by Crippen LogP contribution is -2.06. The Labute approximate surface area is 129 Å². The second-order valence-corrected chi connectivity index (χ2v) is 5.09. The molecular weight excluding hydrogens is 274 g/mol. The molecule has 0 saturated carbocycles. The number of anilines is 1. The SMILES string of the molecule is COc1ccccc1-c1cccc2cccc(NC(C)=O)c12. The maximum absolute atomic E-state index is 11.5. The van der Waals surface area contributed by atoms with Gasteiger partial charge in [0.05, 0.1) is 7.11 Å². The Bertz CT molecular complexity index is 834. The molecule has 0 heterocycles. The highest BCUT2D eigenvalue weighted by Gasteiger charge is 2.12. The van der Waals surface area contributed by atoms with Crippen molar-refractivity contribution in [2.75, 3.05) is 12.4 Å². The van der Waals surface area contributed by atoms with Gasteiger partial charge in [0.15, 0.2) is 0 Å². The van der Waals surface area contributed by atoms with Gasteiger partial charge in [-0.05, 0) is 23.1 Å². The minimum absolute atomic E-state index is 0.0812. The molecule has 0 unspecified atom stereocenters. The Morgan fingerprint density at radius 2 is 1.59 bits per heavy atom. The Balaban J connectivity index is 2.32. The summed E-state index contributed by atoms with van der Waals surface area (Å²) in [7, 11) is 1.67. The van der Waals surface area contributed by atoms with Crippen LogP contribution in [0.25, 0.3) is 21.9 Å². The quantitative estimate of drug-likeness (QED) is 0.773. The van der Waals surface area contributed by atoms with Gasteiger partial charge in [0.25, 0.3) is 0 Å². The van der Waals surface area contributed by atoms with Crippen molar-refractivity contribution in [2.24, 2.45) is 0 Å². The van der Waals surface area contributed by atoms with Gasteiger partial charge >= 0.3 is 0 Å². The van der Waals surface area contributed by atoms with Crippen molar-refractivity contribution < 1.29 is 9.53 Å². The fourth-order valence-corrected chi connectivity index (χ4v) is 2.73. The van der Waals surface area contributed by atoms with E-state index in [-0.39, 0.29) is 5.91 Å². The molecule has 0 atom stereocenters. The average molecular weight is 291 g/mol. The smallest absolute Gasteiger partial charge is 0.221 e. The lowest BCUT2D eigenvalue weighted by Gasteiger charge is -2.14. The highest BCUT2D eigenvalue weighted by Crippen LogP contribution is 2.38. The van der Waals surface area contributed by atoms with Gasteiger partial charge in [0, 0.05) is 23.6 Å². The van der Waals surface area contributed by atoms with Gasteiger partial charge in [-0.25, -0.2) is 0 Å². The number of rotatable bonds is 3. The number of nitrogens with one attached hydrogen (secondary N) is 1. The summed E-state index contributed by atoms with van der Waals surface area (Å²) in [5.41, 5.74) is 2.86. The van der Waals surface area contributed by atoms with Crippen LogP contribution in [0.15, 0.2) is 60.7 Å². The van der Waals surface area contributed by atoms with E-state index in [2.05, 4.69) is 5.32 Å². The minimum atomic E-state index is -0.0812. The van der Waals surface area contributed by atoms with E-state index in [0.717, 1.165) is 33.3 Å².